The fraction of sp³-hybridized carbons (Fsp3) is 0.227. The summed E-state index contributed by atoms with van der Waals surface area (Å²) < 4.78 is 0. The first-order valence-corrected chi connectivity index (χ1v) is 9.65. The highest BCUT2D eigenvalue weighted by atomic mass is 16.4. The zero-order valence-corrected chi connectivity index (χ0v) is 16.6. The molecule has 30 heavy (non-hydrogen) atoms. The first kappa shape index (κ1) is 19.5. The van der Waals surface area contributed by atoms with E-state index in [-0.39, 0.29) is 11.6 Å². The lowest BCUT2D eigenvalue weighted by Gasteiger charge is -2.24. The van der Waals surface area contributed by atoms with Crippen molar-refractivity contribution in [2.24, 2.45) is 15.0 Å². The molecule has 8 nitrogen and oxygen atoms in total. The molecule has 0 spiro atoms. The van der Waals surface area contributed by atoms with E-state index < -0.39 is 5.97 Å². The lowest BCUT2D eigenvalue weighted by molar-refractivity contribution is 0.0697. The van der Waals surface area contributed by atoms with Crippen LogP contribution in [-0.2, 0) is 6.54 Å². The average molecular weight is 402 g/mol. The summed E-state index contributed by atoms with van der Waals surface area (Å²) in [7, 11) is 1.67. The van der Waals surface area contributed by atoms with Crippen LogP contribution in [0, 0.1) is 0 Å². The molecule has 0 unspecified atom stereocenters. The Morgan fingerprint density at radius 2 is 2.20 bits per heavy atom. The van der Waals surface area contributed by atoms with Gasteiger partial charge in [-0.3, -0.25) is 15.0 Å². The fourth-order valence-electron chi connectivity index (χ4n) is 3.06. The number of nitrogens with one attached hydrogen (secondary N) is 2. The van der Waals surface area contributed by atoms with Crippen LogP contribution in [0.2, 0.25) is 0 Å². The molecular formula is C22H22N6O2. The molecule has 0 amide bonds. The Bertz CT molecular complexity index is 1080. The first-order valence-electron chi connectivity index (χ1n) is 9.65. The van der Waals surface area contributed by atoms with E-state index in [2.05, 4.69) is 27.2 Å². The van der Waals surface area contributed by atoms with Crippen LogP contribution >= 0.6 is 0 Å². The van der Waals surface area contributed by atoms with Gasteiger partial charge in [-0.1, -0.05) is 18.7 Å². The van der Waals surface area contributed by atoms with Crippen molar-refractivity contribution in [3.63, 3.8) is 0 Å². The van der Waals surface area contributed by atoms with Gasteiger partial charge in [-0.2, -0.15) is 0 Å². The van der Waals surface area contributed by atoms with Crippen molar-refractivity contribution in [1.82, 2.24) is 10.3 Å². The van der Waals surface area contributed by atoms with Crippen molar-refractivity contribution in [3.8, 4) is 0 Å². The van der Waals surface area contributed by atoms with Crippen molar-refractivity contribution < 1.29 is 9.90 Å². The summed E-state index contributed by atoms with van der Waals surface area (Å²) in [5, 5.41) is 15.8. The molecule has 1 aliphatic carbocycles. The molecule has 1 aromatic carbocycles. The molecule has 1 aliphatic heterocycles. The molecular weight excluding hydrogens is 380 g/mol. The Kier molecular flexibility index (Phi) is 5.38. The van der Waals surface area contributed by atoms with Gasteiger partial charge < -0.3 is 15.7 Å². The summed E-state index contributed by atoms with van der Waals surface area (Å²) in [6, 6.07) is 8.99. The zero-order valence-electron chi connectivity index (χ0n) is 16.6. The molecule has 152 valence electrons. The van der Waals surface area contributed by atoms with E-state index in [0.29, 0.717) is 35.3 Å². The number of pyridine rings is 1. The third-order valence-corrected chi connectivity index (χ3v) is 4.82. The molecule has 2 heterocycles. The second-order valence-electron chi connectivity index (χ2n) is 7.10. The monoisotopic (exact) mass is 402 g/mol. The van der Waals surface area contributed by atoms with Gasteiger partial charge in [-0.25, -0.2) is 9.79 Å². The predicted octanol–water partition coefficient (Wildman–Crippen LogP) is 3.00. The minimum atomic E-state index is -0.981. The van der Waals surface area contributed by atoms with Gasteiger partial charge in [0.05, 0.1) is 11.6 Å². The summed E-state index contributed by atoms with van der Waals surface area (Å²) in [5.74, 6) is 0.0538. The van der Waals surface area contributed by atoms with E-state index in [1.165, 1.54) is 0 Å². The van der Waals surface area contributed by atoms with Crippen molar-refractivity contribution in [1.29, 1.82) is 0 Å². The van der Waals surface area contributed by atoms with Crippen LogP contribution in [-0.4, -0.2) is 46.7 Å². The lowest BCUT2D eigenvalue weighted by Crippen LogP contribution is -2.33. The van der Waals surface area contributed by atoms with Crippen LogP contribution in [0.25, 0.3) is 5.57 Å². The summed E-state index contributed by atoms with van der Waals surface area (Å²) in [6.45, 7) is 4.74. The number of aliphatic imine (C=N–C) groups is 3. The molecule has 3 N–H and O–H groups in total. The number of hydrogen-bond acceptors (Lipinski definition) is 4. The summed E-state index contributed by atoms with van der Waals surface area (Å²) in [5.41, 5.74) is 3.93. The number of carboxylic acids is 1. The molecule has 1 fully saturated rings. The van der Waals surface area contributed by atoms with Crippen LogP contribution in [0.5, 0.6) is 0 Å². The summed E-state index contributed by atoms with van der Waals surface area (Å²) in [4.78, 5) is 29.1. The Labute approximate surface area is 174 Å². The molecule has 0 atom stereocenters. The van der Waals surface area contributed by atoms with E-state index in [0.717, 1.165) is 24.0 Å². The third kappa shape index (κ3) is 4.27. The number of rotatable bonds is 4. The quantitative estimate of drug-likeness (QED) is 0.538. The molecule has 4 rings (SSSR count). The number of carboxylic acid groups (broad SMARTS) is 1. The van der Waals surface area contributed by atoms with Gasteiger partial charge in [0.2, 0.25) is 5.96 Å². The highest BCUT2D eigenvalue weighted by Crippen LogP contribution is 2.32. The number of aromatic nitrogens is 1. The molecule has 0 saturated heterocycles. The van der Waals surface area contributed by atoms with E-state index >= 15 is 0 Å². The maximum atomic E-state index is 11.3. The first-order chi connectivity index (χ1) is 14.5. The van der Waals surface area contributed by atoms with Gasteiger partial charge in [0.25, 0.3) is 0 Å². The van der Waals surface area contributed by atoms with Crippen LogP contribution in [0.4, 0.5) is 5.69 Å². The Balaban J connectivity index is 1.65. The Hall–Kier alpha value is -3.81. The molecule has 8 heteroatoms. The summed E-state index contributed by atoms with van der Waals surface area (Å²) >= 11 is 0. The molecule has 2 aromatic rings. The predicted molar refractivity (Wildman–Crippen MR) is 118 cm³/mol. The number of carbonyl (C=O) groups is 1. The van der Waals surface area contributed by atoms with E-state index in [4.69, 9.17) is 9.98 Å². The van der Waals surface area contributed by atoms with Gasteiger partial charge in [0.15, 0.2) is 5.84 Å². The number of nitrogens with zero attached hydrogens (tertiary/aromatic N) is 4. The molecule has 2 aliphatic rings. The molecule has 0 radical (unpaired) electrons. The van der Waals surface area contributed by atoms with Crippen LogP contribution < -0.4 is 10.6 Å². The maximum Gasteiger partial charge on any atom is 0.335 e. The van der Waals surface area contributed by atoms with E-state index in [1.54, 1.807) is 37.6 Å². The third-order valence-electron chi connectivity index (χ3n) is 4.82. The van der Waals surface area contributed by atoms with Gasteiger partial charge in [0.1, 0.15) is 5.71 Å². The smallest absolute Gasteiger partial charge is 0.335 e. The van der Waals surface area contributed by atoms with Crippen LogP contribution in [0.1, 0.15) is 34.3 Å². The summed E-state index contributed by atoms with van der Waals surface area (Å²) in [6.07, 6.45) is 5.57. The highest BCUT2D eigenvalue weighted by Gasteiger charge is 2.29. The molecule has 1 saturated carbocycles. The number of fused-ring (bicyclic) bond motifs is 1. The molecule has 1 aromatic heterocycles. The van der Waals surface area contributed by atoms with Gasteiger partial charge >= 0.3 is 5.97 Å². The Morgan fingerprint density at radius 3 is 2.87 bits per heavy atom. The van der Waals surface area contributed by atoms with Crippen molar-refractivity contribution >= 4 is 34.7 Å². The SMILES string of the molecule is C=C1C(=NC(=NC)NCc2cccnc2)C(=NC2CC2)Nc2cc(C(=O)O)ccc21. The van der Waals surface area contributed by atoms with Crippen LogP contribution in [0.3, 0.4) is 0 Å². The largest absolute Gasteiger partial charge is 0.478 e. The second kappa shape index (κ2) is 8.28. The standard InChI is InChI=1S/C22H22N6O2/c1-13-17-8-5-15(21(29)30)10-18(17)27-20(26-16-6-7-16)19(13)28-22(23-2)25-12-14-4-3-9-24-11-14/h3-5,8-11,16H,1,6-7,12H2,2H3,(H,23,25)(H,26,27)(H,29,30). The van der Waals surface area contributed by atoms with Gasteiger partial charge in [-0.05, 0) is 36.6 Å². The number of aromatic carboxylic acids is 1. The number of anilines is 1. The molecule has 0 bridgehead atoms. The van der Waals surface area contributed by atoms with Gasteiger partial charge in [-0.15, -0.1) is 0 Å². The second-order valence-corrected chi connectivity index (χ2v) is 7.10. The van der Waals surface area contributed by atoms with Gasteiger partial charge in [0, 0.05) is 42.8 Å². The highest BCUT2D eigenvalue weighted by molar-refractivity contribution is 6.63. The van der Waals surface area contributed by atoms with Crippen LogP contribution in [0.15, 0.2) is 64.3 Å². The number of benzene rings is 1. The number of guanidine groups is 1. The van der Waals surface area contributed by atoms with Crippen molar-refractivity contribution in [2.75, 3.05) is 12.4 Å². The minimum absolute atomic E-state index is 0.203. The average Bonchev–Trinajstić information content (AvgIpc) is 3.57. The zero-order chi connectivity index (χ0) is 21.1. The minimum Gasteiger partial charge on any atom is -0.478 e. The fourth-order valence-corrected chi connectivity index (χ4v) is 3.06. The number of amidine groups is 1. The van der Waals surface area contributed by atoms with E-state index in [1.807, 2.05) is 12.1 Å². The van der Waals surface area contributed by atoms with E-state index in [9.17, 15) is 9.90 Å². The Morgan fingerprint density at radius 1 is 1.37 bits per heavy atom. The maximum absolute atomic E-state index is 11.3. The lowest BCUT2D eigenvalue weighted by atomic mass is 9.94. The van der Waals surface area contributed by atoms with Crippen molar-refractivity contribution in [2.45, 2.75) is 25.4 Å². The number of hydrogen-bond donors (Lipinski definition) is 3. The topological polar surface area (TPSA) is 111 Å². The van der Waals surface area contributed by atoms with Crippen molar-refractivity contribution in [3.05, 3.63) is 66.0 Å². The normalized spacial score (nSPS) is 18.8.